The van der Waals surface area contributed by atoms with Gasteiger partial charge in [-0.15, -0.1) is 0 Å². The second kappa shape index (κ2) is 8.76. The summed E-state index contributed by atoms with van der Waals surface area (Å²) < 4.78 is 0. The van der Waals surface area contributed by atoms with Crippen molar-refractivity contribution in [2.24, 2.45) is 5.92 Å². The van der Waals surface area contributed by atoms with Crippen LogP contribution in [0.3, 0.4) is 0 Å². The zero-order chi connectivity index (χ0) is 21.2. The highest BCUT2D eigenvalue weighted by Gasteiger charge is 2.28. The van der Waals surface area contributed by atoms with E-state index in [0.717, 1.165) is 0 Å². The predicted octanol–water partition coefficient (Wildman–Crippen LogP) is 5.78. The van der Waals surface area contributed by atoms with Gasteiger partial charge in [0.25, 0.3) is 5.91 Å². The van der Waals surface area contributed by atoms with Crippen LogP contribution in [0.15, 0.2) is 42.5 Å². The van der Waals surface area contributed by atoms with Crippen LogP contribution in [0.25, 0.3) is 0 Å². The average molecular weight is 433 g/mol. The van der Waals surface area contributed by atoms with Crippen molar-refractivity contribution in [1.82, 2.24) is 4.90 Å². The third-order valence-corrected chi connectivity index (χ3v) is 5.99. The van der Waals surface area contributed by atoms with Crippen LogP contribution in [0.1, 0.15) is 49.5 Å². The summed E-state index contributed by atoms with van der Waals surface area (Å²) in [4.78, 5) is 27.2. The maximum Gasteiger partial charge on any atom is 0.253 e. The van der Waals surface area contributed by atoms with E-state index in [1.54, 1.807) is 18.2 Å². The van der Waals surface area contributed by atoms with Gasteiger partial charge in [-0.1, -0.05) is 62.2 Å². The maximum absolute atomic E-state index is 12.8. The van der Waals surface area contributed by atoms with Gasteiger partial charge in [-0.3, -0.25) is 9.59 Å². The Kier molecular flexibility index (Phi) is 6.55. The first kappa shape index (κ1) is 21.7. The fourth-order valence-electron chi connectivity index (χ4n) is 3.48. The summed E-state index contributed by atoms with van der Waals surface area (Å²) in [6.07, 6.45) is 1.22. The van der Waals surface area contributed by atoms with E-state index in [-0.39, 0.29) is 23.1 Å². The summed E-state index contributed by atoms with van der Waals surface area (Å²) in [6, 6.07) is 12.9. The second-order valence-corrected chi connectivity index (χ2v) is 9.29. The number of benzene rings is 2. The summed E-state index contributed by atoms with van der Waals surface area (Å²) in [7, 11) is 0. The van der Waals surface area contributed by atoms with E-state index in [1.165, 1.54) is 5.56 Å². The first-order valence-electron chi connectivity index (χ1n) is 9.81. The summed E-state index contributed by atoms with van der Waals surface area (Å²) >= 11 is 12.3. The molecular formula is C23H26Cl2N2O2. The van der Waals surface area contributed by atoms with Gasteiger partial charge in [0, 0.05) is 24.6 Å². The lowest BCUT2D eigenvalue weighted by molar-refractivity contribution is -0.121. The number of anilines is 1. The third-order valence-electron chi connectivity index (χ3n) is 5.36. The number of nitrogens with one attached hydrogen (secondary N) is 1. The SMILES string of the molecule is CC(C)(C)c1ccc(C(=O)N2CCC(C(=O)Nc3c(Cl)cccc3Cl)CC2)cc1. The molecule has 0 atom stereocenters. The molecule has 0 unspecified atom stereocenters. The fourth-order valence-corrected chi connectivity index (χ4v) is 3.97. The van der Waals surface area contributed by atoms with Gasteiger partial charge in [0.1, 0.15) is 0 Å². The molecule has 1 saturated heterocycles. The van der Waals surface area contributed by atoms with Crippen molar-refractivity contribution in [2.75, 3.05) is 18.4 Å². The van der Waals surface area contributed by atoms with E-state index >= 15 is 0 Å². The summed E-state index contributed by atoms with van der Waals surface area (Å²) in [5, 5.41) is 3.67. The minimum atomic E-state index is -0.172. The van der Waals surface area contributed by atoms with Gasteiger partial charge in [0.2, 0.25) is 5.91 Å². The van der Waals surface area contributed by atoms with Crippen LogP contribution in [0.5, 0.6) is 0 Å². The van der Waals surface area contributed by atoms with Crippen LogP contribution in [-0.2, 0) is 10.2 Å². The average Bonchev–Trinajstić information content (AvgIpc) is 2.70. The van der Waals surface area contributed by atoms with Crippen molar-refractivity contribution in [3.05, 3.63) is 63.6 Å². The van der Waals surface area contributed by atoms with E-state index in [4.69, 9.17) is 23.2 Å². The van der Waals surface area contributed by atoms with Crippen LogP contribution >= 0.6 is 23.2 Å². The molecule has 1 N–H and O–H groups in total. The molecule has 3 rings (SSSR count). The van der Waals surface area contributed by atoms with Gasteiger partial charge in [-0.25, -0.2) is 0 Å². The molecule has 0 aliphatic carbocycles. The zero-order valence-electron chi connectivity index (χ0n) is 17.0. The molecule has 29 heavy (non-hydrogen) atoms. The Bertz CT molecular complexity index is 876. The highest BCUT2D eigenvalue weighted by Crippen LogP contribution is 2.31. The molecule has 1 aliphatic heterocycles. The highest BCUT2D eigenvalue weighted by atomic mass is 35.5. The van der Waals surface area contributed by atoms with Crippen LogP contribution in [0, 0.1) is 5.92 Å². The Morgan fingerprint density at radius 2 is 1.52 bits per heavy atom. The van der Waals surface area contributed by atoms with E-state index in [9.17, 15) is 9.59 Å². The van der Waals surface area contributed by atoms with Crippen LogP contribution in [0.4, 0.5) is 5.69 Å². The number of halogens is 2. The lowest BCUT2D eigenvalue weighted by Gasteiger charge is -2.31. The van der Waals surface area contributed by atoms with E-state index in [1.807, 2.05) is 29.2 Å². The molecule has 4 nitrogen and oxygen atoms in total. The number of piperidine rings is 1. The van der Waals surface area contributed by atoms with Gasteiger partial charge in [-0.05, 0) is 48.1 Å². The van der Waals surface area contributed by atoms with Gasteiger partial charge in [0.05, 0.1) is 15.7 Å². The lowest BCUT2D eigenvalue weighted by Crippen LogP contribution is -2.41. The van der Waals surface area contributed by atoms with Crippen molar-refractivity contribution in [3.8, 4) is 0 Å². The first-order valence-corrected chi connectivity index (χ1v) is 10.6. The van der Waals surface area contributed by atoms with E-state index in [2.05, 4.69) is 26.1 Å². The van der Waals surface area contributed by atoms with Crippen molar-refractivity contribution in [2.45, 2.75) is 39.0 Å². The minimum Gasteiger partial charge on any atom is -0.339 e. The standard InChI is InChI=1S/C23H26Cl2N2O2/c1-23(2,3)17-9-7-16(8-10-17)22(29)27-13-11-15(12-14-27)21(28)26-20-18(24)5-4-6-19(20)25/h4-10,15H,11-14H2,1-3H3,(H,26,28). The van der Waals surface area contributed by atoms with Gasteiger partial charge < -0.3 is 10.2 Å². The number of hydrogen-bond acceptors (Lipinski definition) is 2. The number of carbonyl (C=O) groups is 2. The smallest absolute Gasteiger partial charge is 0.253 e. The predicted molar refractivity (Wildman–Crippen MR) is 119 cm³/mol. The largest absolute Gasteiger partial charge is 0.339 e. The van der Waals surface area contributed by atoms with Gasteiger partial charge in [-0.2, -0.15) is 0 Å². The number of rotatable bonds is 3. The van der Waals surface area contributed by atoms with Gasteiger partial charge in [0.15, 0.2) is 0 Å². The summed E-state index contributed by atoms with van der Waals surface area (Å²) in [5.41, 5.74) is 2.38. The molecular weight excluding hydrogens is 407 g/mol. The molecule has 2 aromatic carbocycles. The van der Waals surface area contributed by atoms with Gasteiger partial charge >= 0.3 is 0 Å². The number of para-hydroxylation sites is 1. The van der Waals surface area contributed by atoms with Crippen LogP contribution in [0.2, 0.25) is 10.0 Å². The monoisotopic (exact) mass is 432 g/mol. The Morgan fingerprint density at radius 3 is 2.03 bits per heavy atom. The summed E-state index contributed by atoms with van der Waals surface area (Å²) in [6.45, 7) is 7.54. The minimum absolute atomic E-state index is 0.0125. The van der Waals surface area contributed by atoms with Crippen molar-refractivity contribution < 1.29 is 9.59 Å². The molecule has 154 valence electrons. The summed E-state index contributed by atoms with van der Waals surface area (Å²) in [5.74, 6) is -0.269. The van der Waals surface area contributed by atoms with Crippen molar-refractivity contribution in [3.63, 3.8) is 0 Å². The molecule has 1 fully saturated rings. The van der Waals surface area contributed by atoms with Crippen LogP contribution in [-0.4, -0.2) is 29.8 Å². The Morgan fingerprint density at radius 1 is 0.966 bits per heavy atom. The lowest BCUT2D eigenvalue weighted by atomic mass is 9.86. The number of hydrogen-bond donors (Lipinski definition) is 1. The van der Waals surface area contributed by atoms with Crippen LogP contribution < -0.4 is 5.32 Å². The quantitative estimate of drug-likeness (QED) is 0.667. The number of likely N-dealkylation sites (tertiary alicyclic amines) is 1. The third kappa shape index (κ3) is 5.12. The number of carbonyl (C=O) groups excluding carboxylic acids is 2. The van der Waals surface area contributed by atoms with Crippen molar-refractivity contribution in [1.29, 1.82) is 0 Å². The molecule has 2 amide bonds. The molecule has 0 saturated carbocycles. The first-order chi connectivity index (χ1) is 13.7. The molecule has 0 bridgehead atoms. The molecule has 0 aromatic heterocycles. The molecule has 0 spiro atoms. The van der Waals surface area contributed by atoms with Crippen molar-refractivity contribution >= 4 is 40.7 Å². The Balaban J connectivity index is 1.58. The molecule has 6 heteroatoms. The van der Waals surface area contributed by atoms with E-state index < -0.39 is 0 Å². The maximum atomic E-state index is 12.8. The van der Waals surface area contributed by atoms with E-state index in [0.29, 0.717) is 47.2 Å². The second-order valence-electron chi connectivity index (χ2n) is 8.48. The molecule has 1 aliphatic rings. The normalized spacial score (nSPS) is 15.3. The number of amides is 2. The zero-order valence-corrected chi connectivity index (χ0v) is 18.5. The molecule has 2 aromatic rings. The molecule has 0 radical (unpaired) electrons. The molecule has 1 heterocycles. The Hall–Kier alpha value is -2.04. The fraction of sp³-hybridized carbons (Fsp3) is 0.391. The highest BCUT2D eigenvalue weighted by molar-refractivity contribution is 6.39. The number of nitrogens with zero attached hydrogens (tertiary/aromatic N) is 1. The Labute approximate surface area is 182 Å². The topological polar surface area (TPSA) is 49.4 Å².